The molecule has 13 heteroatoms. The lowest BCUT2D eigenvalue weighted by Gasteiger charge is -2.27. The maximum atomic E-state index is 12.1. The monoisotopic (exact) mass is 783 g/mol. The van der Waals surface area contributed by atoms with Crippen molar-refractivity contribution >= 4 is 27.9 Å². The topological polar surface area (TPSA) is 148 Å². The normalized spacial score (nSPS) is 15.1. The number of hydrogen-bond donors (Lipinski definition) is 2. The second-order valence-electron chi connectivity index (χ2n) is 15.2. The van der Waals surface area contributed by atoms with Gasteiger partial charge < -0.3 is 33.4 Å². The first-order valence-corrected chi connectivity index (χ1v) is 20.3. The maximum absolute atomic E-state index is 12.1. The molecule has 0 unspecified atom stereocenters. The lowest BCUT2D eigenvalue weighted by molar-refractivity contribution is -0.137. The first kappa shape index (κ1) is 43.9. The third-order valence-corrected chi connectivity index (χ3v) is 10.6. The Balaban J connectivity index is 1.74. The third kappa shape index (κ3) is 12.1. The number of hydrogen-bond acceptors (Lipinski definition) is 9. The summed E-state index contributed by atoms with van der Waals surface area (Å²) in [6.07, 6.45) is 8.08. The average Bonchev–Trinajstić information content (AvgIpc) is 3.33. The molecule has 1 aliphatic carbocycles. The van der Waals surface area contributed by atoms with E-state index >= 15 is 0 Å². The average molecular weight is 784 g/mol. The van der Waals surface area contributed by atoms with Crippen LogP contribution in [0.5, 0.6) is 0 Å². The SMILES string of the molecule is COCCOCC[N+](CCOCCOC)=c1ccc2c(C(C)(C)C)cc(/C=C/C=C3/N(CCCCCC(=O)O)c4ccc(S(=O)(=O)O)cc4C3(C)C)oc-2c1. The molecule has 0 aromatic heterocycles. The number of carbonyl (C=O) groups is 1. The molecule has 0 atom stereocenters. The summed E-state index contributed by atoms with van der Waals surface area (Å²) in [5.41, 5.74) is 3.96. The van der Waals surface area contributed by atoms with E-state index in [1.54, 1.807) is 26.4 Å². The first-order valence-electron chi connectivity index (χ1n) is 18.9. The van der Waals surface area contributed by atoms with Crippen molar-refractivity contribution in [3.8, 4) is 11.3 Å². The summed E-state index contributed by atoms with van der Waals surface area (Å²) < 4.78 is 64.7. The van der Waals surface area contributed by atoms with Gasteiger partial charge in [-0.05, 0) is 71.9 Å². The molecular weight excluding hydrogens is 725 g/mol. The Morgan fingerprint density at radius 1 is 0.909 bits per heavy atom. The molecule has 55 heavy (non-hydrogen) atoms. The number of carboxylic acid groups (broad SMARTS) is 1. The van der Waals surface area contributed by atoms with Gasteiger partial charge in [-0.1, -0.05) is 47.1 Å². The smallest absolute Gasteiger partial charge is 0.303 e. The van der Waals surface area contributed by atoms with Crippen LogP contribution in [0.25, 0.3) is 17.4 Å². The van der Waals surface area contributed by atoms with Crippen molar-refractivity contribution in [3.63, 3.8) is 0 Å². The lowest BCUT2D eigenvalue weighted by atomic mass is 9.82. The van der Waals surface area contributed by atoms with Gasteiger partial charge in [0.05, 0.1) is 37.4 Å². The van der Waals surface area contributed by atoms with E-state index in [0.29, 0.717) is 71.5 Å². The van der Waals surface area contributed by atoms with Crippen molar-refractivity contribution in [3.05, 3.63) is 82.6 Å². The van der Waals surface area contributed by atoms with Gasteiger partial charge in [0.15, 0.2) is 13.1 Å². The summed E-state index contributed by atoms with van der Waals surface area (Å²) in [5.74, 6) is 0.605. The lowest BCUT2D eigenvalue weighted by Crippen LogP contribution is -2.36. The predicted octanol–water partition coefficient (Wildman–Crippen LogP) is 6.37. The molecule has 0 saturated heterocycles. The van der Waals surface area contributed by atoms with Crippen molar-refractivity contribution < 1.29 is 46.2 Å². The Morgan fingerprint density at radius 2 is 1.58 bits per heavy atom. The van der Waals surface area contributed by atoms with Crippen LogP contribution >= 0.6 is 0 Å². The summed E-state index contributed by atoms with van der Waals surface area (Å²) in [5, 5.41) is 10.1. The second-order valence-corrected chi connectivity index (χ2v) is 16.7. The minimum Gasteiger partial charge on any atom is -0.481 e. The number of unbranched alkanes of at least 4 members (excludes halogenated alkanes) is 2. The predicted molar refractivity (Wildman–Crippen MR) is 214 cm³/mol. The number of methoxy groups -OCH3 is 2. The molecule has 0 spiro atoms. The van der Waals surface area contributed by atoms with E-state index in [1.807, 2.05) is 32.1 Å². The van der Waals surface area contributed by atoms with Gasteiger partial charge in [-0.3, -0.25) is 9.35 Å². The highest BCUT2D eigenvalue weighted by Gasteiger charge is 2.40. The van der Waals surface area contributed by atoms with E-state index in [2.05, 4.69) is 54.5 Å². The van der Waals surface area contributed by atoms with E-state index in [9.17, 15) is 17.8 Å². The second kappa shape index (κ2) is 19.8. The molecule has 1 aromatic rings. The number of nitrogens with zero attached hydrogens (tertiary/aromatic N) is 2. The third-order valence-electron chi connectivity index (χ3n) is 9.77. The molecule has 3 aliphatic rings. The molecule has 2 N–H and O–H groups in total. The molecule has 0 fully saturated rings. The van der Waals surface area contributed by atoms with Crippen molar-refractivity contribution in [1.29, 1.82) is 0 Å². The van der Waals surface area contributed by atoms with Crippen molar-refractivity contribution in [2.24, 2.45) is 0 Å². The molecule has 2 heterocycles. The van der Waals surface area contributed by atoms with Crippen molar-refractivity contribution in [1.82, 2.24) is 4.58 Å². The molecule has 2 aliphatic heterocycles. The van der Waals surface area contributed by atoms with Crippen LogP contribution in [0.2, 0.25) is 0 Å². The van der Waals surface area contributed by atoms with Gasteiger partial charge in [-0.2, -0.15) is 8.42 Å². The van der Waals surface area contributed by atoms with Gasteiger partial charge >= 0.3 is 5.97 Å². The summed E-state index contributed by atoms with van der Waals surface area (Å²) in [7, 11) is -1.09. The number of fused-ring (bicyclic) bond motifs is 2. The fourth-order valence-corrected chi connectivity index (χ4v) is 7.32. The molecule has 0 radical (unpaired) electrons. The maximum Gasteiger partial charge on any atom is 0.303 e. The molecule has 0 bridgehead atoms. The summed E-state index contributed by atoms with van der Waals surface area (Å²) >= 11 is 0. The summed E-state index contributed by atoms with van der Waals surface area (Å²) in [6, 6.07) is 13.1. The van der Waals surface area contributed by atoms with Crippen LogP contribution in [-0.4, -0.2) is 97.5 Å². The zero-order valence-electron chi connectivity index (χ0n) is 33.4. The van der Waals surface area contributed by atoms with Crippen LogP contribution in [0, 0.1) is 0 Å². The molecule has 302 valence electrons. The Labute approximate surface area is 326 Å². The van der Waals surface area contributed by atoms with E-state index in [-0.39, 0.29) is 16.7 Å². The minimum atomic E-state index is -4.40. The zero-order valence-corrected chi connectivity index (χ0v) is 34.2. The van der Waals surface area contributed by atoms with Crippen LogP contribution < -0.4 is 14.8 Å². The number of carboxylic acids is 1. The number of ether oxygens (including phenoxy) is 4. The van der Waals surface area contributed by atoms with Crippen molar-refractivity contribution in [2.75, 3.05) is 78.4 Å². The molecule has 4 rings (SSSR count). The summed E-state index contributed by atoms with van der Waals surface area (Å²) in [6.45, 7) is 15.7. The van der Waals surface area contributed by atoms with Gasteiger partial charge in [0.1, 0.15) is 24.7 Å². The fourth-order valence-electron chi connectivity index (χ4n) is 6.81. The van der Waals surface area contributed by atoms with Gasteiger partial charge in [0.2, 0.25) is 5.36 Å². The van der Waals surface area contributed by atoms with Crippen molar-refractivity contribution in [2.45, 2.75) is 76.0 Å². The Hall–Kier alpha value is -3.85. The Morgan fingerprint density at radius 3 is 2.18 bits per heavy atom. The zero-order chi connectivity index (χ0) is 40.2. The summed E-state index contributed by atoms with van der Waals surface area (Å²) in [4.78, 5) is 13.1. The number of allylic oxidation sites excluding steroid dienone is 3. The van der Waals surface area contributed by atoms with E-state index in [1.165, 1.54) is 6.07 Å². The molecular formula is C42H59N2O10S+. The number of benzene rings is 2. The fraction of sp³-hybridized carbons (Fsp3) is 0.524. The molecule has 0 amide bonds. The number of rotatable bonds is 21. The van der Waals surface area contributed by atoms with Crippen LogP contribution in [0.3, 0.4) is 0 Å². The largest absolute Gasteiger partial charge is 0.481 e. The number of aliphatic carboxylic acids is 1. The Kier molecular flexibility index (Phi) is 15.8. The van der Waals surface area contributed by atoms with Gasteiger partial charge in [0, 0.05) is 55.6 Å². The van der Waals surface area contributed by atoms with Crippen LogP contribution in [0.4, 0.5) is 5.69 Å². The van der Waals surface area contributed by atoms with E-state index < -0.39 is 21.5 Å². The van der Waals surface area contributed by atoms with E-state index in [0.717, 1.165) is 52.0 Å². The quantitative estimate of drug-likeness (QED) is 0.0706. The van der Waals surface area contributed by atoms with Gasteiger partial charge in [-0.15, -0.1) is 0 Å². The van der Waals surface area contributed by atoms with Gasteiger partial charge in [-0.25, -0.2) is 4.58 Å². The highest BCUT2D eigenvalue weighted by molar-refractivity contribution is 7.85. The van der Waals surface area contributed by atoms with Crippen LogP contribution in [-0.2, 0) is 44.7 Å². The Bertz CT molecular complexity index is 1940. The van der Waals surface area contributed by atoms with Crippen LogP contribution in [0.1, 0.15) is 77.2 Å². The highest BCUT2D eigenvalue weighted by Crippen LogP contribution is 2.48. The standard InChI is InChI=1S/C42H58N2O10S/c1-41(2,3)35-29-32(54-38-28-31(15-17-34(35)38)43(20-22-52-26-24-50-6)21-23-53-27-25-51-7)12-11-13-39-42(4,5)36-30-33(55(47,48)49)16-18-37(36)44(39)19-10-8-9-14-40(45)46/h11-13,15-18,28-30H,8-10,14,19-27H2,1-7H3,(H-,45,46,47,48,49)/p+1. The molecule has 0 saturated carbocycles. The molecule has 1 aromatic carbocycles. The highest BCUT2D eigenvalue weighted by atomic mass is 32.2. The van der Waals surface area contributed by atoms with E-state index in [4.69, 9.17) is 28.5 Å². The molecule has 12 nitrogen and oxygen atoms in total. The first-order chi connectivity index (χ1) is 26.1. The number of anilines is 1. The van der Waals surface area contributed by atoms with Gasteiger partial charge in [0.25, 0.3) is 10.1 Å². The van der Waals surface area contributed by atoms with Crippen LogP contribution in [0.15, 0.2) is 69.6 Å². The minimum absolute atomic E-state index is 0.114.